The van der Waals surface area contributed by atoms with Crippen LogP contribution in [0.15, 0.2) is 24.0 Å². The minimum absolute atomic E-state index is 0.743. The lowest BCUT2D eigenvalue weighted by Gasteiger charge is -1.98. The molecule has 0 fully saturated rings. The SMILES string of the molecule is COc1ccc(/C=C(/C)N)nc1. The summed E-state index contributed by atoms with van der Waals surface area (Å²) in [6, 6.07) is 3.71. The number of rotatable bonds is 2. The van der Waals surface area contributed by atoms with Gasteiger partial charge in [-0.15, -0.1) is 0 Å². The van der Waals surface area contributed by atoms with Gasteiger partial charge in [0.2, 0.25) is 0 Å². The van der Waals surface area contributed by atoms with E-state index in [0.717, 1.165) is 17.1 Å². The molecule has 0 amide bonds. The molecule has 1 heterocycles. The summed E-state index contributed by atoms with van der Waals surface area (Å²) in [5, 5.41) is 0. The predicted octanol–water partition coefficient (Wildman–Crippen LogP) is 1.41. The van der Waals surface area contributed by atoms with Gasteiger partial charge in [0.15, 0.2) is 0 Å². The maximum Gasteiger partial charge on any atom is 0.137 e. The normalized spacial score (nSPS) is 11.3. The van der Waals surface area contributed by atoms with Gasteiger partial charge in [-0.25, -0.2) is 0 Å². The third kappa shape index (κ3) is 2.27. The monoisotopic (exact) mass is 164 g/mol. The Bertz CT molecular complexity index is 273. The Morgan fingerprint density at radius 3 is 2.75 bits per heavy atom. The first-order chi connectivity index (χ1) is 5.72. The van der Waals surface area contributed by atoms with Gasteiger partial charge in [-0.1, -0.05) is 0 Å². The van der Waals surface area contributed by atoms with Gasteiger partial charge in [0.25, 0.3) is 0 Å². The second-order valence-electron chi connectivity index (χ2n) is 2.51. The average molecular weight is 164 g/mol. The molecule has 12 heavy (non-hydrogen) atoms. The Balaban J connectivity index is 2.85. The zero-order valence-corrected chi connectivity index (χ0v) is 7.24. The van der Waals surface area contributed by atoms with Crippen molar-refractivity contribution >= 4 is 6.08 Å². The predicted molar refractivity (Wildman–Crippen MR) is 48.6 cm³/mol. The quantitative estimate of drug-likeness (QED) is 0.718. The zero-order chi connectivity index (χ0) is 8.97. The average Bonchev–Trinajstić information content (AvgIpc) is 2.05. The van der Waals surface area contributed by atoms with Gasteiger partial charge >= 0.3 is 0 Å². The molecule has 0 aromatic carbocycles. The van der Waals surface area contributed by atoms with Crippen molar-refractivity contribution in [3.8, 4) is 5.75 Å². The number of nitrogens with zero attached hydrogens (tertiary/aromatic N) is 1. The summed E-state index contributed by atoms with van der Waals surface area (Å²) in [6.45, 7) is 1.83. The van der Waals surface area contributed by atoms with E-state index in [-0.39, 0.29) is 0 Å². The molecule has 2 N–H and O–H groups in total. The fourth-order valence-corrected chi connectivity index (χ4v) is 0.831. The molecule has 0 unspecified atom stereocenters. The third-order valence-electron chi connectivity index (χ3n) is 1.37. The Morgan fingerprint density at radius 2 is 2.33 bits per heavy atom. The maximum atomic E-state index is 5.48. The van der Waals surface area contributed by atoms with E-state index >= 15 is 0 Å². The molecule has 0 saturated carbocycles. The van der Waals surface area contributed by atoms with Gasteiger partial charge in [0, 0.05) is 5.70 Å². The lowest BCUT2D eigenvalue weighted by molar-refractivity contribution is 0.413. The van der Waals surface area contributed by atoms with Crippen LogP contribution in [0.5, 0.6) is 5.75 Å². The van der Waals surface area contributed by atoms with E-state index in [9.17, 15) is 0 Å². The van der Waals surface area contributed by atoms with Crippen molar-refractivity contribution in [2.75, 3.05) is 7.11 Å². The zero-order valence-electron chi connectivity index (χ0n) is 7.24. The number of hydrogen-bond donors (Lipinski definition) is 1. The molecule has 0 atom stereocenters. The van der Waals surface area contributed by atoms with Crippen LogP contribution in [0.3, 0.4) is 0 Å². The summed E-state index contributed by atoms with van der Waals surface area (Å²) >= 11 is 0. The number of hydrogen-bond acceptors (Lipinski definition) is 3. The Kier molecular flexibility index (Phi) is 2.69. The molecule has 0 aliphatic heterocycles. The van der Waals surface area contributed by atoms with Crippen molar-refractivity contribution < 1.29 is 4.74 Å². The van der Waals surface area contributed by atoms with E-state index in [1.165, 1.54) is 0 Å². The first-order valence-electron chi connectivity index (χ1n) is 3.66. The van der Waals surface area contributed by atoms with E-state index in [0.29, 0.717) is 0 Å². The Labute approximate surface area is 71.9 Å². The Morgan fingerprint density at radius 1 is 1.58 bits per heavy atom. The van der Waals surface area contributed by atoms with E-state index in [1.54, 1.807) is 19.4 Å². The summed E-state index contributed by atoms with van der Waals surface area (Å²) in [6.07, 6.45) is 3.47. The smallest absolute Gasteiger partial charge is 0.137 e. The van der Waals surface area contributed by atoms with Crippen molar-refractivity contribution in [1.29, 1.82) is 0 Å². The lowest BCUT2D eigenvalue weighted by Crippen LogP contribution is -1.91. The first-order valence-corrected chi connectivity index (χ1v) is 3.66. The summed E-state index contributed by atoms with van der Waals surface area (Å²) in [7, 11) is 1.61. The summed E-state index contributed by atoms with van der Waals surface area (Å²) < 4.78 is 4.96. The van der Waals surface area contributed by atoms with E-state index < -0.39 is 0 Å². The summed E-state index contributed by atoms with van der Waals surface area (Å²) in [5.74, 6) is 0.752. The molecule has 1 aromatic rings. The molecule has 0 spiro atoms. The first kappa shape index (κ1) is 8.59. The van der Waals surface area contributed by atoms with Crippen LogP contribution in [0.4, 0.5) is 0 Å². The van der Waals surface area contributed by atoms with Crippen molar-refractivity contribution in [2.24, 2.45) is 5.73 Å². The van der Waals surface area contributed by atoms with Crippen LogP contribution in [0, 0.1) is 0 Å². The van der Waals surface area contributed by atoms with Crippen LogP contribution in [-0.4, -0.2) is 12.1 Å². The topological polar surface area (TPSA) is 48.1 Å². The van der Waals surface area contributed by atoms with E-state index in [4.69, 9.17) is 10.5 Å². The lowest BCUT2D eigenvalue weighted by atomic mass is 10.3. The van der Waals surface area contributed by atoms with Gasteiger partial charge in [-0.3, -0.25) is 4.98 Å². The molecule has 0 aliphatic carbocycles. The molecule has 0 saturated heterocycles. The molecule has 3 nitrogen and oxygen atoms in total. The highest BCUT2D eigenvalue weighted by atomic mass is 16.5. The van der Waals surface area contributed by atoms with Gasteiger partial charge in [-0.05, 0) is 25.1 Å². The minimum atomic E-state index is 0.743. The fraction of sp³-hybridized carbons (Fsp3) is 0.222. The molecular formula is C9H12N2O. The summed E-state index contributed by atoms with van der Waals surface area (Å²) in [4.78, 5) is 4.11. The second kappa shape index (κ2) is 3.76. The number of ether oxygens (including phenoxy) is 1. The third-order valence-corrected chi connectivity index (χ3v) is 1.37. The van der Waals surface area contributed by atoms with Gasteiger partial charge in [-0.2, -0.15) is 0 Å². The number of allylic oxidation sites excluding steroid dienone is 1. The van der Waals surface area contributed by atoms with Crippen LogP contribution in [0.25, 0.3) is 6.08 Å². The number of pyridine rings is 1. The number of methoxy groups -OCH3 is 1. The van der Waals surface area contributed by atoms with Crippen molar-refractivity contribution in [2.45, 2.75) is 6.92 Å². The number of aromatic nitrogens is 1. The fourth-order valence-electron chi connectivity index (χ4n) is 0.831. The van der Waals surface area contributed by atoms with Crippen LogP contribution in [0.1, 0.15) is 12.6 Å². The molecule has 64 valence electrons. The maximum absolute atomic E-state index is 5.48. The van der Waals surface area contributed by atoms with Crippen molar-refractivity contribution in [1.82, 2.24) is 4.98 Å². The van der Waals surface area contributed by atoms with Crippen LogP contribution >= 0.6 is 0 Å². The van der Waals surface area contributed by atoms with E-state index in [1.807, 2.05) is 19.1 Å². The van der Waals surface area contributed by atoms with Gasteiger partial charge < -0.3 is 10.5 Å². The standard InChI is InChI=1S/C9H12N2O/c1-7(10)5-8-3-4-9(12-2)6-11-8/h3-6H,10H2,1-2H3/b7-5-. The molecule has 1 rings (SSSR count). The highest BCUT2D eigenvalue weighted by molar-refractivity contribution is 5.47. The van der Waals surface area contributed by atoms with E-state index in [2.05, 4.69) is 4.98 Å². The second-order valence-corrected chi connectivity index (χ2v) is 2.51. The van der Waals surface area contributed by atoms with Gasteiger partial charge in [0.05, 0.1) is 19.0 Å². The molecule has 1 aromatic heterocycles. The molecule has 3 heteroatoms. The van der Waals surface area contributed by atoms with Crippen LogP contribution in [-0.2, 0) is 0 Å². The van der Waals surface area contributed by atoms with Gasteiger partial charge in [0.1, 0.15) is 5.75 Å². The number of nitrogens with two attached hydrogens (primary N) is 1. The Hall–Kier alpha value is -1.51. The van der Waals surface area contributed by atoms with Crippen LogP contribution in [0.2, 0.25) is 0 Å². The molecule has 0 bridgehead atoms. The molecule has 0 aliphatic rings. The van der Waals surface area contributed by atoms with Crippen molar-refractivity contribution in [3.05, 3.63) is 29.7 Å². The highest BCUT2D eigenvalue weighted by Gasteiger charge is 1.91. The minimum Gasteiger partial charge on any atom is -0.495 e. The van der Waals surface area contributed by atoms with Crippen LogP contribution < -0.4 is 10.5 Å². The highest BCUT2D eigenvalue weighted by Crippen LogP contribution is 2.09. The largest absolute Gasteiger partial charge is 0.495 e. The summed E-state index contributed by atoms with van der Waals surface area (Å²) in [5.41, 5.74) is 7.07. The molecule has 0 radical (unpaired) electrons. The van der Waals surface area contributed by atoms with Crippen molar-refractivity contribution in [3.63, 3.8) is 0 Å². The molecular weight excluding hydrogens is 152 g/mol.